The van der Waals surface area contributed by atoms with Crippen LogP contribution in [0.5, 0.6) is 11.5 Å². The third kappa shape index (κ3) is 2.95. The molecule has 0 unspecified atom stereocenters. The van der Waals surface area contributed by atoms with Crippen molar-refractivity contribution < 1.29 is 19.1 Å². The number of thiophene rings is 1. The van der Waals surface area contributed by atoms with E-state index in [0.717, 1.165) is 27.9 Å². The van der Waals surface area contributed by atoms with Gasteiger partial charge >= 0.3 is 6.03 Å². The zero-order valence-corrected chi connectivity index (χ0v) is 15.7. The van der Waals surface area contributed by atoms with Crippen LogP contribution >= 0.6 is 11.3 Å². The van der Waals surface area contributed by atoms with E-state index >= 15 is 0 Å². The Bertz CT molecular complexity index is 1150. The van der Waals surface area contributed by atoms with E-state index in [-0.39, 0.29) is 5.57 Å². The molecule has 0 bridgehead atoms. The third-order valence-corrected chi connectivity index (χ3v) is 5.51. The normalized spacial score (nSPS) is 15.1. The van der Waals surface area contributed by atoms with E-state index < -0.39 is 17.8 Å². The summed E-state index contributed by atoms with van der Waals surface area (Å²) in [6, 6.07) is 18.4. The fourth-order valence-electron chi connectivity index (χ4n) is 3.23. The molecule has 2 aromatic carbocycles. The predicted molar refractivity (Wildman–Crippen MR) is 109 cm³/mol. The maximum Gasteiger partial charge on any atom is 0.328 e. The molecular formula is C21H13N3O4S. The Morgan fingerprint density at radius 2 is 1.38 bits per heavy atom. The molecule has 2 aliphatic rings. The smallest absolute Gasteiger partial charge is 0.328 e. The minimum Gasteiger partial charge on any atom is -0.453 e. The number of hydrogen-bond donors (Lipinski definition) is 2. The Hall–Kier alpha value is -3.91. The van der Waals surface area contributed by atoms with Crippen LogP contribution in [0.3, 0.4) is 0 Å². The van der Waals surface area contributed by atoms with Gasteiger partial charge < -0.3 is 4.74 Å². The maximum atomic E-state index is 12.0. The fourth-order valence-corrected chi connectivity index (χ4v) is 4.21. The summed E-state index contributed by atoms with van der Waals surface area (Å²) in [5, 5.41) is 5.05. The Labute approximate surface area is 169 Å². The first-order valence-electron chi connectivity index (χ1n) is 8.74. The minimum atomic E-state index is -0.814. The van der Waals surface area contributed by atoms with Gasteiger partial charge in [-0.05, 0) is 42.5 Å². The van der Waals surface area contributed by atoms with Crippen molar-refractivity contribution in [2.24, 2.45) is 0 Å². The third-order valence-electron chi connectivity index (χ3n) is 4.50. The highest BCUT2D eigenvalue weighted by Crippen LogP contribution is 2.51. The number of para-hydroxylation sites is 4. The van der Waals surface area contributed by atoms with Gasteiger partial charge in [-0.3, -0.25) is 25.1 Å². The molecule has 0 atom stereocenters. The Kier molecular flexibility index (Phi) is 3.92. The van der Waals surface area contributed by atoms with Crippen molar-refractivity contribution in [3.63, 3.8) is 0 Å². The number of carbonyl (C=O) groups excluding carboxylic acids is 3. The van der Waals surface area contributed by atoms with Crippen molar-refractivity contribution >= 4 is 51.6 Å². The monoisotopic (exact) mass is 403 g/mol. The van der Waals surface area contributed by atoms with Gasteiger partial charge in [-0.2, -0.15) is 0 Å². The van der Waals surface area contributed by atoms with Gasteiger partial charge in [0, 0.05) is 4.88 Å². The second kappa shape index (κ2) is 6.61. The van der Waals surface area contributed by atoms with Crippen molar-refractivity contribution in [2.45, 2.75) is 0 Å². The summed E-state index contributed by atoms with van der Waals surface area (Å²) in [7, 11) is 0. The summed E-state index contributed by atoms with van der Waals surface area (Å²) >= 11 is 1.41. The van der Waals surface area contributed by atoms with E-state index in [0.29, 0.717) is 4.88 Å². The highest BCUT2D eigenvalue weighted by Gasteiger charge is 2.29. The number of urea groups is 1. The van der Waals surface area contributed by atoms with Crippen LogP contribution in [0.15, 0.2) is 66.2 Å². The maximum absolute atomic E-state index is 12.0. The highest BCUT2D eigenvalue weighted by atomic mass is 32.1. The number of anilines is 3. The molecule has 0 spiro atoms. The van der Waals surface area contributed by atoms with Crippen LogP contribution in [0.25, 0.3) is 6.08 Å². The summed E-state index contributed by atoms with van der Waals surface area (Å²) in [5.74, 6) is 0.0552. The molecule has 2 N–H and O–H groups in total. The van der Waals surface area contributed by atoms with Crippen LogP contribution in [0, 0.1) is 0 Å². The average Bonchev–Trinajstić information content (AvgIpc) is 3.17. The summed E-state index contributed by atoms with van der Waals surface area (Å²) < 4.78 is 6.01. The van der Waals surface area contributed by atoms with Gasteiger partial charge in [-0.1, -0.05) is 24.3 Å². The van der Waals surface area contributed by atoms with Crippen molar-refractivity contribution in [3.8, 4) is 11.5 Å². The van der Waals surface area contributed by atoms with E-state index in [1.165, 1.54) is 17.4 Å². The van der Waals surface area contributed by atoms with Gasteiger partial charge in [0.2, 0.25) is 0 Å². The lowest BCUT2D eigenvalue weighted by Gasteiger charge is -2.31. The van der Waals surface area contributed by atoms with Crippen LogP contribution in [-0.2, 0) is 9.59 Å². The summed E-state index contributed by atoms with van der Waals surface area (Å²) in [6.45, 7) is 0. The molecule has 4 amide bonds. The molecule has 2 aliphatic heterocycles. The molecule has 0 radical (unpaired) electrons. The minimum absolute atomic E-state index is 0.110. The topological polar surface area (TPSA) is 87.7 Å². The molecule has 5 rings (SSSR count). The first-order chi connectivity index (χ1) is 14.1. The number of fused-ring (bicyclic) bond motifs is 2. The number of ether oxygens (including phenoxy) is 1. The number of nitrogens with one attached hydrogen (secondary N) is 2. The molecule has 0 saturated carbocycles. The molecule has 1 saturated heterocycles. The van der Waals surface area contributed by atoms with Crippen molar-refractivity contribution in [2.75, 3.05) is 4.90 Å². The molecule has 1 fully saturated rings. The Balaban J connectivity index is 1.56. The molecule has 29 heavy (non-hydrogen) atoms. The lowest BCUT2D eigenvalue weighted by atomic mass is 10.1. The molecule has 8 heteroatoms. The average molecular weight is 403 g/mol. The lowest BCUT2D eigenvalue weighted by molar-refractivity contribution is -0.123. The Morgan fingerprint density at radius 1 is 0.793 bits per heavy atom. The number of rotatable bonds is 2. The number of carbonyl (C=O) groups is 3. The first-order valence-corrected chi connectivity index (χ1v) is 9.56. The van der Waals surface area contributed by atoms with Gasteiger partial charge in [0.15, 0.2) is 11.5 Å². The van der Waals surface area contributed by atoms with Crippen LogP contribution in [0.1, 0.15) is 4.88 Å². The second-order valence-corrected chi connectivity index (χ2v) is 7.44. The summed E-state index contributed by atoms with van der Waals surface area (Å²) in [5.41, 5.74) is 1.68. The van der Waals surface area contributed by atoms with Crippen LogP contribution in [0.2, 0.25) is 0 Å². The van der Waals surface area contributed by atoms with Gasteiger partial charge in [0.25, 0.3) is 11.8 Å². The number of barbiturate groups is 1. The summed E-state index contributed by atoms with van der Waals surface area (Å²) in [4.78, 5) is 37.9. The van der Waals surface area contributed by atoms with Crippen molar-refractivity contribution in [1.29, 1.82) is 0 Å². The lowest BCUT2D eigenvalue weighted by Crippen LogP contribution is -2.51. The van der Waals surface area contributed by atoms with E-state index in [2.05, 4.69) is 15.5 Å². The summed E-state index contributed by atoms with van der Waals surface area (Å²) in [6.07, 6.45) is 1.48. The van der Waals surface area contributed by atoms with Gasteiger partial charge in [0.1, 0.15) is 10.6 Å². The molecular weight excluding hydrogens is 390 g/mol. The van der Waals surface area contributed by atoms with Crippen LogP contribution in [0.4, 0.5) is 21.2 Å². The number of benzene rings is 2. The van der Waals surface area contributed by atoms with Gasteiger partial charge in [-0.15, -0.1) is 11.3 Å². The molecule has 1 aromatic heterocycles. The standard InChI is InChI=1S/C21H13N3O4S/c25-19-13(20(26)23-21(27)22-19)11-12-9-10-18(29-12)24-14-5-1-3-7-16(14)28-17-8-4-2-6-15(17)24/h1-11H,(H2,22,23,25,26,27). The van der Waals surface area contributed by atoms with E-state index in [9.17, 15) is 14.4 Å². The van der Waals surface area contributed by atoms with Gasteiger partial charge in [0.05, 0.1) is 11.4 Å². The molecule has 3 aromatic rings. The molecule has 7 nitrogen and oxygen atoms in total. The molecule has 142 valence electrons. The predicted octanol–water partition coefficient (Wildman–Crippen LogP) is 4.07. The second-order valence-electron chi connectivity index (χ2n) is 6.34. The zero-order valence-electron chi connectivity index (χ0n) is 14.8. The number of amides is 4. The quantitative estimate of drug-likeness (QED) is 0.389. The van der Waals surface area contributed by atoms with Gasteiger partial charge in [-0.25, -0.2) is 4.79 Å². The number of hydrogen-bond acceptors (Lipinski definition) is 6. The number of imide groups is 2. The highest BCUT2D eigenvalue weighted by molar-refractivity contribution is 7.17. The molecule has 3 heterocycles. The molecule has 0 aliphatic carbocycles. The van der Waals surface area contributed by atoms with Crippen LogP contribution < -0.4 is 20.3 Å². The number of nitrogens with zero attached hydrogens (tertiary/aromatic N) is 1. The van der Waals surface area contributed by atoms with E-state index in [1.807, 2.05) is 60.7 Å². The van der Waals surface area contributed by atoms with Crippen LogP contribution in [-0.4, -0.2) is 17.8 Å². The Morgan fingerprint density at radius 3 is 2.00 bits per heavy atom. The van der Waals surface area contributed by atoms with Crippen molar-refractivity contribution in [1.82, 2.24) is 10.6 Å². The van der Waals surface area contributed by atoms with E-state index in [1.54, 1.807) is 0 Å². The van der Waals surface area contributed by atoms with Crippen molar-refractivity contribution in [3.05, 3.63) is 71.1 Å². The first kappa shape index (κ1) is 17.2. The largest absolute Gasteiger partial charge is 0.453 e. The zero-order chi connectivity index (χ0) is 20.0. The fraction of sp³-hybridized carbons (Fsp3) is 0. The SMILES string of the molecule is O=C1NC(=O)C(=Cc2ccc(N3c4ccccc4Oc4ccccc43)s2)C(=O)N1. The van der Waals surface area contributed by atoms with E-state index in [4.69, 9.17) is 4.74 Å².